The number of benzene rings is 1. The van der Waals surface area contributed by atoms with Crippen LogP contribution in [0.5, 0.6) is 0 Å². The molecule has 142 valence electrons. The molecule has 1 heterocycles. The van der Waals surface area contributed by atoms with Crippen molar-refractivity contribution >= 4 is 40.2 Å². The van der Waals surface area contributed by atoms with Crippen molar-refractivity contribution in [3.05, 3.63) is 33.6 Å². The number of hydrogen-bond acceptors (Lipinski definition) is 4. The van der Waals surface area contributed by atoms with Crippen LogP contribution in [0.1, 0.15) is 41.0 Å². The largest absolute Gasteiger partial charge is 0.351 e. The molecule has 0 atom stereocenters. The van der Waals surface area contributed by atoms with Gasteiger partial charge < -0.3 is 5.32 Å². The molecule has 1 amide bonds. The predicted molar refractivity (Wildman–Crippen MR) is 109 cm³/mol. The van der Waals surface area contributed by atoms with Crippen LogP contribution in [-0.2, 0) is 11.3 Å². The zero-order valence-electron chi connectivity index (χ0n) is 15.9. The van der Waals surface area contributed by atoms with E-state index in [1.165, 1.54) is 11.8 Å². The average molecular weight is 396 g/mol. The normalized spacial score (nSPS) is 12.0. The Morgan fingerprint density at radius 1 is 1.38 bits per heavy atom. The fourth-order valence-electron chi connectivity index (χ4n) is 2.44. The first-order valence-corrected chi connectivity index (χ1v) is 10.1. The van der Waals surface area contributed by atoms with E-state index in [0.29, 0.717) is 27.6 Å². The molecule has 0 bridgehead atoms. The van der Waals surface area contributed by atoms with Crippen LogP contribution < -0.4 is 10.9 Å². The maximum atomic E-state index is 12.9. The molecular weight excluding hydrogens is 370 g/mol. The molecule has 0 unspecified atom stereocenters. The van der Waals surface area contributed by atoms with Crippen LogP contribution in [0.25, 0.3) is 10.9 Å². The topological polar surface area (TPSA) is 64.0 Å². The second-order valence-electron chi connectivity index (χ2n) is 7.44. The van der Waals surface area contributed by atoms with Crippen LogP contribution in [0, 0.1) is 5.92 Å². The first-order valence-electron chi connectivity index (χ1n) is 8.77. The Bertz CT molecular complexity index is 862. The molecule has 26 heavy (non-hydrogen) atoms. The van der Waals surface area contributed by atoms with Gasteiger partial charge in [0, 0.05) is 17.1 Å². The summed E-state index contributed by atoms with van der Waals surface area (Å²) >= 11 is 7.32. The molecule has 1 N–H and O–H groups in total. The van der Waals surface area contributed by atoms with E-state index in [-0.39, 0.29) is 28.7 Å². The maximum absolute atomic E-state index is 12.9. The van der Waals surface area contributed by atoms with Crippen molar-refractivity contribution in [2.24, 2.45) is 5.92 Å². The monoisotopic (exact) mass is 395 g/mol. The summed E-state index contributed by atoms with van der Waals surface area (Å²) in [5.74, 6) is 0.425. The van der Waals surface area contributed by atoms with E-state index in [1.54, 1.807) is 22.8 Å². The Balaban J connectivity index is 2.34. The number of hydrogen-bond donors (Lipinski definition) is 1. The van der Waals surface area contributed by atoms with Crippen molar-refractivity contribution in [1.82, 2.24) is 14.9 Å². The van der Waals surface area contributed by atoms with Gasteiger partial charge in [-0.1, -0.05) is 44.1 Å². The zero-order chi connectivity index (χ0) is 19.5. The lowest BCUT2D eigenvalue weighted by molar-refractivity contribution is -0.120. The summed E-state index contributed by atoms with van der Waals surface area (Å²) in [6.45, 7) is 10.6. The minimum atomic E-state index is -0.247. The van der Waals surface area contributed by atoms with Crippen LogP contribution in [0.2, 0.25) is 5.02 Å². The highest BCUT2D eigenvalue weighted by molar-refractivity contribution is 7.99. The summed E-state index contributed by atoms with van der Waals surface area (Å²) in [6.07, 6.45) is 0.844. The summed E-state index contributed by atoms with van der Waals surface area (Å²) in [6, 6.07) is 5.10. The van der Waals surface area contributed by atoms with Gasteiger partial charge in [0.1, 0.15) is 0 Å². The molecule has 0 fully saturated rings. The lowest BCUT2D eigenvalue weighted by Gasteiger charge is -2.24. The fourth-order valence-corrected chi connectivity index (χ4v) is 3.42. The number of fused-ring (bicyclic) bond motifs is 1. The molecule has 2 aromatic rings. The number of carbonyl (C=O) groups is 1. The number of aromatic nitrogens is 2. The Morgan fingerprint density at radius 3 is 2.69 bits per heavy atom. The molecular formula is C19H26ClN3O2S. The van der Waals surface area contributed by atoms with Crippen LogP contribution >= 0.6 is 23.4 Å². The van der Waals surface area contributed by atoms with Gasteiger partial charge in [0.25, 0.3) is 5.56 Å². The molecule has 5 nitrogen and oxygen atoms in total. The number of amides is 1. The average Bonchev–Trinajstić information content (AvgIpc) is 2.56. The molecule has 0 saturated heterocycles. The third kappa shape index (κ3) is 5.24. The first kappa shape index (κ1) is 20.8. The van der Waals surface area contributed by atoms with Gasteiger partial charge >= 0.3 is 0 Å². The number of halogens is 1. The SMILES string of the molecule is CCC(C)(C)NC(=O)CSc1nc2ccc(Cl)cc2c(=O)n1CC(C)C. The fraction of sp³-hybridized carbons (Fsp3) is 0.526. The van der Waals surface area contributed by atoms with E-state index < -0.39 is 0 Å². The standard InChI is InChI=1S/C19H26ClN3O2S/c1-6-19(4,5)22-16(24)11-26-18-21-15-8-7-13(20)9-14(15)17(25)23(18)10-12(2)3/h7-9,12H,6,10-11H2,1-5H3,(H,22,24). The lowest BCUT2D eigenvalue weighted by Crippen LogP contribution is -2.43. The van der Waals surface area contributed by atoms with Crippen molar-refractivity contribution in [1.29, 1.82) is 0 Å². The number of carbonyl (C=O) groups excluding carboxylic acids is 1. The van der Waals surface area contributed by atoms with Crippen molar-refractivity contribution in [2.45, 2.75) is 58.3 Å². The molecule has 7 heteroatoms. The highest BCUT2D eigenvalue weighted by Crippen LogP contribution is 2.21. The van der Waals surface area contributed by atoms with Crippen LogP contribution in [0.4, 0.5) is 0 Å². The summed E-state index contributed by atoms with van der Waals surface area (Å²) in [4.78, 5) is 29.8. The van der Waals surface area contributed by atoms with Gasteiger partial charge in [-0.05, 0) is 44.4 Å². The number of thioether (sulfide) groups is 1. The summed E-state index contributed by atoms with van der Waals surface area (Å²) in [5, 5.41) is 4.57. The molecule has 0 radical (unpaired) electrons. The Hall–Kier alpha value is -1.53. The quantitative estimate of drug-likeness (QED) is 0.566. The predicted octanol–water partition coefficient (Wildman–Crippen LogP) is 4.10. The molecule has 0 aliphatic rings. The first-order chi connectivity index (χ1) is 12.1. The molecule has 2 rings (SSSR count). The van der Waals surface area contributed by atoms with Crippen LogP contribution in [0.3, 0.4) is 0 Å². The molecule has 0 spiro atoms. The van der Waals surface area contributed by atoms with Gasteiger partial charge in [-0.3, -0.25) is 14.2 Å². The second kappa shape index (κ2) is 8.44. The third-order valence-corrected chi connectivity index (χ3v) is 5.33. The van der Waals surface area contributed by atoms with E-state index in [0.717, 1.165) is 6.42 Å². The summed E-state index contributed by atoms with van der Waals surface area (Å²) in [7, 11) is 0. The summed E-state index contributed by atoms with van der Waals surface area (Å²) < 4.78 is 1.65. The molecule has 1 aromatic carbocycles. The second-order valence-corrected chi connectivity index (χ2v) is 8.82. The molecule has 0 saturated carbocycles. The van der Waals surface area contributed by atoms with E-state index in [9.17, 15) is 9.59 Å². The number of nitrogens with one attached hydrogen (secondary N) is 1. The van der Waals surface area contributed by atoms with Crippen molar-refractivity contribution in [3.63, 3.8) is 0 Å². The Kier molecular flexibility index (Phi) is 6.74. The molecule has 0 aliphatic heterocycles. The third-order valence-electron chi connectivity index (χ3n) is 4.12. The maximum Gasteiger partial charge on any atom is 0.262 e. The Labute approximate surface area is 163 Å². The highest BCUT2D eigenvalue weighted by atomic mass is 35.5. The van der Waals surface area contributed by atoms with Crippen molar-refractivity contribution in [3.8, 4) is 0 Å². The zero-order valence-corrected chi connectivity index (χ0v) is 17.5. The van der Waals surface area contributed by atoms with Gasteiger partial charge in [0.15, 0.2) is 5.16 Å². The molecule has 1 aromatic heterocycles. The van der Waals surface area contributed by atoms with Crippen molar-refractivity contribution in [2.75, 3.05) is 5.75 Å². The van der Waals surface area contributed by atoms with Gasteiger partial charge in [-0.15, -0.1) is 0 Å². The van der Waals surface area contributed by atoms with E-state index in [1.807, 2.05) is 34.6 Å². The summed E-state index contributed by atoms with van der Waals surface area (Å²) in [5.41, 5.74) is 0.224. The van der Waals surface area contributed by atoms with Gasteiger partial charge in [-0.2, -0.15) is 0 Å². The Morgan fingerprint density at radius 2 is 2.08 bits per heavy atom. The van der Waals surface area contributed by atoms with Gasteiger partial charge in [-0.25, -0.2) is 4.98 Å². The molecule has 0 aliphatic carbocycles. The number of rotatable bonds is 7. The number of nitrogens with zero attached hydrogens (tertiary/aromatic N) is 2. The van der Waals surface area contributed by atoms with Crippen LogP contribution in [-0.4, -0.2) is 26.8 Å². The highest BCUT2D eigenvalue weighted by Gasteiger charge is 2.19. The van der Waals surface area contributed by atoms with Crippen LogP contribution in [0.15, 0.2) is 28.2 Å². The van der Waals surface area contributed by atoms with E-state index in [2.05, 4.69) is 10.3 Å². The minimum Gasteiger partial charge on any atom is -0.351 e. The van der Waals surface area contributed by atoms with Gasteiger partial charge in [0.05, 0.1) is 16.7 Å². The lowest BCUT2D eigenvalue weighted by atomic mass is 10.0. The van der Waals surface area contributed by atoms with Gasteiger partial charge in [0.2, 0.25) is 5.91 Å². The van der Waals surface area contributed by atoms with Crippen molar-refractivity contribution < 1.29 is 4.79 Å². The van der Waals surface area contributed by atoms with E-state index in [4.69, 9.17) is 11.6 Å². The minimum absolute atomic E-state index is 0.0663. The van der Waals surface area contributed by atoms with E-state index >= 15 is 0 Å². The smallest absolute Gasteiger partial charge is 0.262 e.